The van der Waals surface area contributed by atoms with Crippen molar-refractivity contribution in [3.63, 3.8) is 0 Å². The second kappa shape index (κ2) is 9.05. The van der Waals surface area contributed by atoms with E-state index in [0.29, 0.717) is 11.6 Å². The number of carbonyl (C=O) groups is 1. The lowest BCUT2D eigenvalue weighted by Crippen LogP contribution is -2.03. The molecule has 0 aliphatic rings. The van der Waals surface area contributed by atoms with Gasteiger partial charge >= 0.3 is 5.97 Å². The first-order valence-electron chi connectivity index (χ1n) is 8.35. The Bertz CT molecular complexity index is 937. The highest BCUT2D eigenvalue weighted by atomic mass is 16.5. The maximum Gasteiger partial charge on any atom is 0.308 e. The van der Waals surface area contributed by atoms with Gasteiger partial charge in [0.25, 0.3) is 0 Å². The van der Waals surface area contributed by atoms with Crippen LogP contribution in [0.3, 0.4) is 0 Å². The summed E-state index contributed by atoms with van der Waals surface area (Å²) in [6.45, 7) is 1.36. The number of rotatable bonds is 5. The van der Waals surface area contributed by atoms with Crippen molar-refractivity contribution in [3.05, 3.63) is 90.5 Å². The summed E-state index contributed by atoms with van der Waals surface area (Å²) in [6, 6.07) is 25.9. The number of ether oxygens (including phenoxy) is 1. The number of esters is 1. The molecular formula is C21H18N4O2. The van der Waals surface area contributed by atoms with Crippen molar-refractivity contribution in [2.24, 2.45) is 15.3 Å². The monoisotopic (exact) mass is 358 g/mol. The molecule has 0 aliphatic heterocycles. The zero-order valence-electron chi connectivity index (χ0n) is 14.7. The zero-order chi connectivity index (χ0) is 18.9. The van der Waals surface area contributed by atoms with Gasteiger partial charge in [0.1, 0.15) is 5.75 Å². The molecule has 27 heavy (non-hydrogen) atoms. The first-order valence-corrected chi connectivity index (χ1v) is 8.35. The van der Waals surface area contributed by atoms with Gasteiger partial charge in [0.2, 0.25) is 5.84 Å². The number of hydrazone groups is 1. The SMILES string of the molecule is CC(=O)Oc1ccc(/C(N=Nc2ccccc2)=N/Nc2ccccc2)cc1. The van der Waals surface area contributed by atoms with E-state index in [2.05, 4.69) is 20.8 Å². The molecule has 3 aromatic rings. The third-order valence-electron chi connectivity index (χ3n) is 3.46. The van der Waals surface area contributed by atoms with Crippen LogP contribution in [0, 0.1) is 0 Å². The number of anilines is 1. The number of azo groups is 1. The molecule has 3 rings (SSSR count). The molecule has 0 aromatic heterocycles. The van der Waals surface area contributed by atoms with Crippen LogP contribution in [0.5, 0.6) is 5.75 Å². The third-order valence-corrected chi connectivity index (χ3v) is 3.46. The van der Waals surface area contributed by atoms with E-state index in [1.807, 2.05) is 60.7 Å². The number of hydrogen-bond donors (Lipinski definition) is 1. The largest absolute Gasteiger partial charge is 0.427 e. The minimum Gasteiger partial charge on any atom is -0.427 e. The zero-order valence-corrected chi connectivity index (χ0v) is 14.7. The van der Waals surface area contributed by atoms with Crippen LogP contribution < -0.4 is 10.2 Å². The Labute approximate surface area is 157 Å². The van der Waals surface area contributed by atoms with Crippen LogP contribution in [0.4, 0.5) is 11.4 Å². The average Bonchev–Trinajstić information content (AvgIpc) is 2.70. The predicted octanol–water partition coefficient (Wildman–Crippen LogP) is 5.17. The lowest BCUT2D eigenvalue weighted by Gasteiger charge is -2.05. The quantitative estimate of drug-likeness (QED) is 0.171. The van der Waals surface area contributed by atoms with Crippen LogP contribution in [-0.2, 0) is 4.79 Å². The van der Waals surface area contributed by atoms with Gasteiger partial charge in [-0.25, -0.2) is 0 Å². The molecule has 3 aromatic carbocycles. The van der Waals surface area contributed by atoms with E-state index < -0.39 is 0 Å². The minimum absolute atomic E-state index is 0.369. The van der Waals surface area contributed by atoms with E-state index in [-0.39, 0.29) is 5.97 Å². The van der Waals surface area contributed by atoms with Crippen molar-refractivity contribution in [1.82, 2.24) is 0 Å². The van der Waals surface area contributed by atoms with Gasteiger partial charge in [-0.1, -0.05) is 36.4 Å². The summed E-state index contributed by atoms with van der Waals surface area (Å²) >= 11 is 0. The molecule has 6 heteroatoms. The molecule has 6 nitrogen and oxygen atoms in total. The molecule has 0 bridgehead atoms. The molecule has 1 N–H and O–H groups in total. The smallest absolute Gasteiger partial charge is 0.308 e. The molecule has 0 saturated heterocycles. The normalized spacial score (nSPS) is 11.4. The lowest BCUT2D eigenvalue weighted by molar-refractivity contribution is -0.131. The number of amidine groups is 1. The van der Waals surface area contributed by atoms with Crippen molar-refractivity contribution in [2.75, 3.05) is 5.43 Å². The fourth-order valence-corrected chi connectivity index (χ4v) is 2.21. The topological polar surface area (TPSA) is 75.4 Å². The summed E-state index contributed by atoms with van der Waals surface area (Å²) in [5, 5.41) is 12.9. The highest BCUT2D eigenvalue weighted by Gasteiger charge is 2.05. The second-order valence-corrected chi connectivity index (χ2v) is 5.57. The third kappa shape index (κ3) is 5.61. The Morgan fingerprint density at radius 2 is 1.48 bits per heavy atom. The number of benzene rings is 3. The van der Waals surface area contributed by atoms with E-state index in [9.17, 15) is 4.79 Å². The van der Waals surface area contributed by atoms with Gasteiger partial charge in [-0.15, -0.1) is 10.2 Å². The van der Waals surface area contributed by atoms with Gasteiger partial charge in [-0.05, 0) is 48.5 Å². The van der Waals surface area contributed by atoms with Gasteiger partial charge in [0.15, 0.2) is 0 Å². The maximum atomic E-state index is 11.1. The summed E-state index contributed by atoms with van der Waals surface area (Å²) in [5.74, 6) is 0.491. The van der Waals surface area contributed by atoms with Crippen molar-refractivity contribution in [3.8, 4) is 5.75 Å². The molecule has 0 unspecified atom stereocenters. The van der Waals surface area contributed by atoms with Gasteiger partial charge < -0.3 is 4.74 Å². The fraction of sp³-hybridized carbons (Fsp3) is 0.0476. The Morgan fingerprint density at radius 1 is 0.852 bits per heavy atom. The number of nitrogens with zero attached hydrogens (tertiary/aromatic N) is 3. The molecule has 0 saturated carbocycles. The van der Waals surface area contributed by atoms with Crippen LogP contribution in [-0.4, -0.2) is 11.8 Å². The average molecular weight is 358 g/mol. The van der Waals surface area contributed by atoms with Gasteiger partial charge in [-0.2, -0.15) is 5.10 Å². The van der Waals surface area contributed by atoms with Crippen LogP contribution in [0.1, 0.15) is 12.5 Å². The maximum absolute atomic E-state index is 11.1. The van der Waals surface area contributed by atoms with Gasteiger partial charge in [0.05, 0.1) is 11.4 Å². The van der Waals surface area contributed by atoms with Crippen molar-refractivity contribution < 1.29 is 9.53 Å². The van der Waals surface area contributed by atoms with E-state index in [0.717, 1.165) is 16.9 Å². The molecular weight excluding hydrogens is 340 g/mol. The number of para-hydroxylation sites is 1. The lowest BCUT2D eigenvalue weighted by atomic mass is 10.2. The van der Waals surface area contributed by atoms with Gasteiger partial charge in [0, 0.05) is 12.5 Å². The first kappa shape index (κ1) is 18.0. The van der Waals surface area contributed by atoms with Crippen molar-refractivity contribution in [2.45, 2.75) is 6.92 Å². The number of hydrogen-bond acceptors (Lipinski definition) is 5. The number of carbonyl (C=O) groups excluding carboxylic acids is 1. The summed E-state index contributed by atoms with van der Waals surface area (Å²) < 4.78 is 5.06. The standard InChI is InChI=1S/C21H18N4O2/c1-16(26)27-20-14-12-17(13-15-20)21(24-22-18-8-4-2-5-9-18)25-23-19-10-6-3-7-11-19/h2-15,22H,1H3/b24-21-,25-23?. The first-order chi connectivity index (χ1) is 13.2. The Hall–Kier alpha value is -3.80. The highest BCUT2D eigenvalue weighted by molar-refractivity contribution is 5.99. The van der Waals surface area contributed by atoms with E-state index in [4.69, 9.17) is 4.74 Å². The van der Waals surface area contributed by atoms with Crippen LogP contribution in [0.15, 0.2) is 100 Å². The molecule has 0 spiro atoms. The van der Waals surface area contributed by atoms with Crippen molar-refractivity contribution >= 4 is 23.2 Å². The predicted molar refractivity (Wildman–Crippen MR) is 105 cm³/mol. The molecule has 0 heterocycles. The van der Waals surface area contributed by atoms with E-state index in [1.165, 1.54) is 6.92 Å². The Morgan fingerprint density at radius 3 is 2.11 bits per heavy atom. The molecule has 0 aliphatic carbocycles. The summed E-state index contributed by atoms with van der Waals surface area (Å²) in [5.41, 5.74) is 5.26. The van der Waals surface area contributed by atoms with E-state index >= 15 is 0 Å². The van der Waals surface area contributed by atoms with Crippen LogP contribution >= 0.6 is 0 Å². The fourth-order valence-electron chi connectivity index (χ4n) is 2.21. The molecule has 0 radical (unpaired) electrons. The second-order valence-electron chi connectivity index (χ2n) is 5.57. The van der Waals surface area contributed by atoms with Crippen LogP contribution in [0.25, 0.3) is 0 Å². The molecule has 0 atom stereocenters. The summed E-state index contributed by atoms with van der Waals surface area (Å²) in [7, 11) is 0. The van der Waals surface area contributed by atoms with E-state index in [1.54, 1.807) is 24.3 Å². The summed E-state index contributed by atoms with van der Waals surface area (Å²) in [4.78, 5) is 11.1. The molecule has 134 valence electrons. The van der Waals surface area contributed by atoms with Gasteiger partial charge in [-0.3, -0.25) is 10.2 Å². The Kier molecular flexibility index (Phi) is 6.04. The Balaban J connectivity index is 1.86. The minimum atomic E-state index is -0.369. The van der Waals surface area contributed by atoms with Crippen LogP contribution in [0.2, 0.25) is 0 Å². The summed E-state index contributed by atoms with van der Waals surface area (Å²) in [6.07, 6.45) is 0. The van der Waals surface area contributed by atoms with Crippen molar-refractivity contribution in [1.29, 1.82) is 0 Å². The molecule has 0 fully saturated rings. The number of nitrogens with one attached hydrogen (secondary N) is 1. The molecule has 0 amide bonds. The highest BCUT2D eigenvalue weighted by Crippen LogP contribution is 2.16.